The first-order valence-corrected chi connectivity index (χ1v) is 7.91. The second-order valence-corrected chi connectivity index (χ2v) is 6.07. The van der Waals surface area contributed by atoms with Crippen LogP contribution in [-0.4, -0.2) is 0 Å². The van der Waals surface area contributed by atoms with Gasteiger partial charge in [0.2, 0.25) is 0 Å². The summed E-state index contributed by atoms with van der Waals surface area (Å²) in [6, 6.07) is 26.2. The number of rotatable bonds is 5. The Labute approximate surface area is 134 Å². The van der Waals surface area contributed by atoms with Crippen LogP contribution in [0.1, 0.15) is 5.56 Å². The van der Waals surface area contributed by atoms with Crippen LogP contribution in [0.3, 0.4) is 0 Å². The molecule has 0 aromatic heterocycles. The second-order valence-electron chi connectivity index (χ2n) is 4.92. The topological polar surface area (TPSA) is 35.2 Å². The Hall–Kier alpha value is -2.39. The smallest absolute Gasteiger partial charge is 0.120 e. The highest BCUT2D eigenvalue weighted by Crippen LogP contribution is 2.30. The van der Waals surface area contributed by atoms with E-state index in [1.807, 2.05) is 54.6 Å². The Kier molecular flexibility index (Phi) is 4.66. The summed E-state index contributed by atoms with van der Waals surface area (Å²) in [6.45, 7) is 0.580. The molecule has 0 bridgehead atoms. The lowest BCUT2D eigenvalue weighted by molar-refractivity contribution is 0.305. The van der Waals surface area contributed by atoms with E-state index >= 15 is 0 Å². The van der Waals surface area contributed by atoms with Crippen molar-refractivity contribution in [1.29, 1.82) is 0 Å². The van der Waals surface area contributed by atoms with Crippen molar-refractivity contribution >= 4 is 17.4 Å². The van der Waals surface area contributed by atoms with Crippen LogP contribution in [0.2, 0.25) is 0 Å². The number of hydrogen-bond donors (Lipinski definition) is 1. The highest BCUT2D eigenvalue weighted by molar-refractivity contribution is 7.99. The van der Waals surface area contributed by atoms with E-state index in [1.165, 1.54) is 5.56 Å². The molecule has 110 valence electrons. The largest absolute Gasteiger partial charge is 0.489 e. The van der Waals surface area contributed by atoms with E-state index in [9.17, 15) is 0 Å². The summed E-state index contributed by atoms with van der Waals surface area (Å²) in [5.41, 5.74) is 7.66. The molecule has 2 nitrogen and oxygen atoms in total. The molecule has 22 heavy (non-hydrogen) atoms. The van der Waals surface area contributed by atoms with Crippen molar-refractivity contribution in [1.82, 2.24) is 0 Å². The number of nitrogens with two attached hydrogens (primary N) is 1. The Morgan fingerprint density at radius 3 is 2.32 bits per heavy atom. The summed E-state index contributed by atoms with van der Waals surface area (Å²) in [4.78, 5) is 2.31. The van der Waals surface area contributed by atoms with Crippen LogP contribution < -0.4 is 10.5 Å². The monoisotopic (exact) mass is 307 g/mol. The van der Waals surface area contributed by atoms with Crippen LogP contribution in [0.4, 0.5) is 5.69 Å². The molecule has 0 aliphatic heterocycles. The maximum absolute atomic E-state index is 5.86. The Morgan fingerprint density at radius 2 is 1.55 bits per heavy atom. The van der Waals surface area contributed by atoms with E-state index in [1.54, 1.807) is 11.8 Å². The first-order chi connectivity index (χ1) is 10.8. The molecule has 0 unspecified atom stereocenters. The fourth-order valence-electron chi connectivity index (χ4n) is 2.04. The molecule has 0 heterocycles. The van der Waals surface area contributed by atoms with Gasteiger partial charge in [-0.2, -0.15) is 0 Å². The maximum atomic E-state index is 5.86. The average Bonchev–Trinajstić information content (AvgIpc) is 2.57. The zero-order chi connectivity index (χ0) is 15.2. The lowest BCUT2D eigenvalue weighted by Crippen LogP contribution is -1.94. The van der Waals surface area contributed by atoms with Gasteiger partial charge in [-0.15, -0.1) is 0 Å². The van der Waals surface area contributed by atoms with Crippen molar-refractivity contribution in [3.05, 3.63) is 84.4 Å². The second kappa shape index (κ2) is 7.05. The summed E-state index contributed by atoms with van der Waals surface area (Å²) >= 11 is 1.70. The third kappa shape index (κ3) is 4.06. The van der Waals surface area contributed by atoms with Gasteiger partial charge in [-0.3, -0.25) is 0 Å². The van der Waals surface area contributed by atoms with Crippen LogP contribution in [0.15, 0.2) is 88.7 Å². The molecule has 0 atom stereocenters. The van der Waals surface area contributed by atoms with Crippen LogP contribution in [-0.2, 0) is 6.61 Å². The first-order valence-electron chi connectivity index (χ1n) is 7.10. The molecule has 0 aliphatic carbocycles. The summed E-state index contributed by atoms with van der Waals surface area (Å²) in [6.07, 6.45) is 0. The molecule has 0 saturated heterocycles. The van der Waals surface area contributed by atoms with Gasteiger partial charge >= 0.3 is 0 Å². The third-order valence-corrected chi connectivity index (χ3v) is 4.17. The normalized spacial score (nSPS) is 10.4. The minimum atomic E-state index is 0.580. The zero-order valence-electron chi connectivity index (χ0n) is 12.1. The standard InChI is InChI=1S/C19H17NOS/c20-16-9-11-18(12-10-16)22-19-8-4-7-17(13-19)21-14-15-5-2-1-3-6-15/h1-13H,14,20H2. The molecular weight excluding hydrogens is 290 g/mol. The molecule has 0 aliphatic rings. The molecular formula is C19H17NOS. The third-order valence-electron chi connectivity index (χ3n) is 3.17. The van der Waals surface area contributed by atoms with E-state index in [0.717, 1.165) is 21.2 Å². The van der Waals surface area contributed by atoms with Crippen LogP contribution in [0, 0.1) is 0 Å². The maximum Gasteiger partial charge on any atom is 0.120 e. The SMILES string of the molecule is Nc1ccc(Sc2cccc(OCc3ccccc3)c2)cc1. The summed E-state index contributed by atoms with van der Waals surface area (Å²) in [7, 11) is 0. The first kappa shape index (κ1) is 14.5. The minimum absolute atomic E-state index is 0.580. The highest BCUT2D eigenvalue weighted by atomic mass is 32.2. The zero-order valence-corrected chi connectivity index (χ0v) is 12.9. The van der Waals surface area contributed by atoms with Crippen LogP contribution in [0.5, 0.6) is 5.75 Å². The number of anilines is 1. The van der Waals surface area contributed by atoms with Crippen molar-refractivity contribution in [3.63, 3.8) is 0 Å². The summed E-state index contributed by atoms with van der Waals surface area (Å²) in [5.74, 6) is 0.879. The molecule has 3 heteroatoms. The summed E-state index contributed by atoms with van der Waals surface area (Å²) < 4.78 is 5.86. The van der Waals surface area contributed by atoms with Crippen LogP contribution >= 0.6 is 11.8 Å². The van der Waals surface area contributed by atoms with Crippen molar-refractivity contribution in [2.45, 2.75) is 16.4 Å². The predicted octanol–water partition coefficient (Wildman–Crippen LogP) is 5.00. The van der Waals surface area contributed by atoms with Gasteiger partial charge in [0.1, 0.15) is 12.4 Å². The van der Waals surface area contributed by atoms with Crippen molar-refractivity contribution in [2.24, 2.45) is 0 Å². The Balaban J connectivity index is 1.66. The molecule has 0 amide bonds. The fourth-order valence-corrected chi connectivity index (χ4v) is 2.91. The molecule has 0 radical (unpaired) electrons. The van der Waals surface area contributed by atoms with Gasteiger partial charge in [0.15, 0.2) is 0 Å². The van der Waals surface area contributed by atoms with Gasteiger partial charge in [-0.05, 0) is 48.0 Å². The molecule has 3 aromatic carbocycles. The number of benzene rings is 3. The highest BCUT2D eigenvalue weighted by Gasteiger charge is 2.01. The van der Waals surface area contributed by atoms with Gasteiger partial charge in [0.05, 0.1) is 0 Å². The van der Waals surface area contributed by atoms with Crippen molar-refractivity contribution < 1.29 is 4.74 Å². The minimum Gasteiger partial charge on any atom is -0.489 e. The van der Waals surface area contributed by atoms with Gasteiger partial charge < -0.3 is 10.5 Å². The van der Waals surface area contributed by atoms with Gasteiger partial charge in [0.25, 0.3) is 0 Å². The van der Waals surface area contributed by atoms with Crippen LogP contribution in [0.25, 0.3) is 0 Å². The van der Waals surface area contributed by atoms with E-state index in [-0.39, 0.29) is 0 Å². The predicted molar refractivity (Wildman–Crippen MR) is 92.2 cm³/mol. The number of hydrogen-bond acceptors (Lipinski definition) is 3. The number of nitrogen functional groups attached to an aromatic ring is 1. The van der Waals surface area contributed by atoms with E-state index in [4.69, 9.17) is 10.5 Å². The lowest BCUT2D eigenvalue weighted by Gasteiger charge is -2.08. The fraction of sp³-hybridized carbons (Fsp3) is 0.0526. The van der Waals surface area contributed by atoms with Gasteiger partial charge in [-0.25, -0.2) is 0 Å². The quantitative estimate of drug-likeness (QED) is 0.674. The summed E-state index contributed by atoms with van der Waals surface area (Å²) in [5, 5.41) is 0. The molecule has 3 aromatic rings. The van der Waals surface area contributed by atoms with E-state index in [2.05, 4.69) is 24.3 Å². The molecule has 0 saturated carbocycles. The molecule has 3 rings (SSSR count). The van der Waals surface area contributed by atoms with Crippen molar-refractivity contribution in [3.8, 4) is 5.75 Å². The van der Waals surface area contributed by atoms with Crippen molar-refractivity contribution in [2.75, 3.05) is 5.73 Å². The van der Waals surface area contributed by atoms with Gasteiger partial charge in [-0.1, -0.05) is 48.2 Å². The average molecular weight is 307 g/mol. The number of ether oxygens (including phenoxy) is 1. The molecule has 0 fully saturated rings. The van der Waals surface area contributed by atoms with E-state index < -0.39 is 0 Å². The van der Waals surface area contributed by atoms with E-state index in [0.29, 0.717) is 6.61 Å². The lowest BCUT2D eigenvalue weighted by atomic mass is 10.2. The Morgan fingerprint density at radius 1 is 0.773 bits per heavy atom. The van der Waals surface area contributed by atoms with Gasteiger partial charge in [0, 0.05) is 15.5 Å². The molecule has 0 spiro atoms. The Bertz CT molecular complexity index is 726. The molecule has 2 N–H and O–H groups in total.